The van der Waals surface area contributed by atoms with E-state index in [0.717, 1.165) is 0 Å². The largest absolute Gasteiger partial charge is 0.487 e. The van der Waals surface area contributed by atoms with E-state index in [9.17, 15) is 12.8 Å². The van der Waals surface area contributed by atoms with Crippen LogP contribution in [-0.2, 0) is 31.5 Å². The molecule has 0 bridgehead atoms. The lowest BCUT2D eigenvalue weighted by molar-refractivity contribution is -0.0987. The van der Waals surface area contributed by atoms with Gasteiger partial charge in [0.15, 0.2) is 15.4 Å². The van der Waals surface area contributed by atoms with Crippen LogP contribution in [-0.4, -0.2) is 47.6 Å². The van der Waals surface area contributed by atoms with Gasteiger partial charge >= 0.3 is 0 Å². The van der Waals surface area contributed by atoms with Gasteiger partial charge in [-0.25, -0.2) is 22.8 Å². The van der Waals surface area contributed by atoms with Crippen LogP contribution in [0.2, 0.25) is 5.02 Å². The van der Waals surface area contributed by atoms with Gasteiger partial charge in [0.1, 0.15) is 36.4 Å². The third-order valence-electron chi connectivity index (χ3n) is 7.09. The molecule has 1 aliphatic rings. The van der Waals surface area contributed by atoms with Gasteiger partial charge in [0.2, 0.25) is 0 Å². The molecule has 42 heavy (non-hydrogen) atoms. The van der Waals surface area contributed by atoms with Gasteiger partial charge in [-0.05, 0) is 55.0 Å². The highest BCUT2D eigenvalue weighted by molar-refractivity contribution is 7.91. The number of rotatable bonds is 12. The molecule has 2 aromatic carbocycles. The number of benzene rings is 2. The monoisotopic (exact) mass is 612 g/mol. The van der Waals surface area contributed by atoms with E-state index in [-0.39, 0.29) is 30.5 Å². The van der Waals surface area contributed by atoms with E-state index in [1.807, 2.05) is 19.1 Å². The van der Waals surface area contributed by atoms with Crippen LogP contribution in [0.15, 0.2) is 73.4 Å². The molecule has 0 aliphatic carbocycles. The fourth-order valence-corrected chi connectivity index (χ4v) is 5.49. The van der Waals surface area contributed by atoms with E-state index >= 15 is 0 Å². The second-order valence-corrected chi connectivity index (χ2v) is 12.7. The van der Waals surface area contributed by atoms with E-state index in [2.05, 4.69) is 20.3 Å². The molecule has 0 radical (unpaired) electrons. The number of ether oxygens (including phenoxy) is 3. The molecule has 1 aliphatic heterocycles. The van der Waals surface area contributed by atoms with E-state index < -0.39 is 21.5 Å². The fourth-order valence-electron chi connectivity index (χ4n) is 4.62. The Bertz CT molecular complexity index is 1710. The van der Waals surface area contributed by atoms with Crippen LogP contribution in [0.1, 0.15) is 31.5 Å². The molecule has 2 aromatic heterocycles. The lowest BCUT2D eigenvalue weighted by atomic mass is 9.89. The van der Waals surface area contributed by atoms with Crippen molar-refractivity contribution in [3.8, 4) is 5.75 Å². The Morgan fingerprint density at radius 3 is 2.76 bits per heavy atom. The topological polar surface area (TPSA) is 113 Å². The van der Waals surface area contributed by atoms with Crippen LogP contribution in [0.3, 0.4) is 0 Å². The normalized spacial score (nSPS) is 17.2. The number of nitrogens with one attached hydrogen (secondary N) is 1. The summed E-state index contributed by atoms with van der Waals surface area (Å²) in [4.78, 5) is 13.4. The maximum absolute atomic E-state index is 13.5. The van der Waals surface area contributed by atoms with Gasteiger partial charge in [-0.15, -0.1) is 0 Å². The van der Waals surface area contributed by atoms with Gasteiger partial charge in [-0.2, -0.15) is 0 Å². The summed E-state index contributed by atoms with van der Waals surface area (Å²) < 4.78 is 55.2. The Morgan fingerprint density at radius 1 is 1.17 bits per heavy atom. The Labute approximate surface area is 248 Å². The van der Waals surface area contributed by atoms with Gasteiger partial charge in [0.05, 0.1) is 41.1 Å². The molecule has 2 unspecified atom stereocenters. The lowest BCUT2D eigenvalue weighted by Gasteiger charge is -2.34. The van der Waals surface area contributed by atoms with Crippen LogP contribution in [0, 0.1) is 5.82 Å². The first kappa shape index (κ1) is 29.7. The Balaban J connectivity index is 1.36. The molecule has 12 heteroatoms. The van der Waals surface area contributed by atoms with Gasteiger partial charge in [-0.3, -0.25) is 4.98 Å². The molecule has 0 amide bonds. The minimum absolute atomic E-state index is 0.0503. The van der Waals surface area contributed by atoms with Gasteiger partial charge in [-0.1, -0.05) is 30.7 Å². The molecule has 2 atom stereocenters. The summed E-state index contributed by atoms with van der Waals surface area (Å²) >= 11 is 6.50. The molecule has 9 nitrogen and oxygen atoms in total. The summed E-state index contributed by atoms with van der Waals surface area (Å²) in [7, 11) is -3.16. The highest BCUT2D eigenvalue weighted by atomic mass is 35.5. The summed E-state index contributed by atoms with van der Waals surface area (Å²) in [5.41, 5.74) is 1.62. The summed E-state index contributed by atoms with van der Waals surface area (Å²) in [6, 6.07) is 13.3. The molecular weight excluding hydrogens is 583 g/mol. The quantitative estimate of drug-likeness (QED) is 0.202. The molecule has 0 fully saturated rings. The Kier molecular flexibility index (Phi) is 8.91. The number of halogens is 2. The molecule has 0 saturated carbocycles. The zero-order chi connectivity index (χ0) is 29.7. The number of aromatic nitrogens is 3. The molecule has 1 N–H and O–H groups in total. The number of sulfone groups is 1. The van der Waals surface area contributed by atoms with E-state index in [1.165, 1.54) is 18.5 Å². The van der Waals surface area contributed by atoms with E-state index in [0.29, 0.717) is 50.9 Å². The number of hydrogen-bond donors (Lipinski definition) is 1. The Morgan fingerprint density at radius 2 is 2.02 bits per heavy atom. The third kappa shape index (κ3) is 6.64. The van der Waals surface area contributed by atoms with Gasteiger partial charge in [0.25, 0.3) is 0 Å². The maximum Gasteiger partial charge on any atom is 0.179 e. The number of anilines is 2. The third-order valence-corrected chi connectivity index (χ3v) is 9.05. The average Bonchev–Trinajstić information content (AvgIpc) is 3.48. The number of pyridine rings is 1. The lowest BCUT2D eigenvalue weighted by Crippen LogP contribution is -2.40. The zero-order valence-electron chi connectivity index (χ0n) is 23.1. The average molecular weight is 613 g/mol. The molecule has 220 valence electrons. The van der Waals surface area contributed by atoms with E-state index in [4.69, 9.17) is 25.8 Å². The first-order valence-corrected chi connectivity index (χ1v) is 15.6. The van der Waals surface area contributed by atoms with Crippen LogP contribution in [0.25, 0.3) is 10.9 Å². The molecular formula is C30H30ClFN4O5S. The zero-order valence-corrected chi connectivity index (χ0v) is 24.7. The molecule has 4 aromatic rings. The second kappa shape index (κ2) is 12.6. The molecule has 5 rings (SSSR count). The van der Waals surface area contributed by atoms with Crippen molar-refractivity contribution in [3.05, 3.63) is 95.5 Å². The van der Waals surface area contributed by atoms with Crippen LogP contribution >= 0.6 is 11.6 Å². The van der Waals surface area contributed by atoms with Crippen molar-refractivity contribution < 1.29 is 27.0 Å². The van der Waals surface area contributed by atoms with Gasteiger partial charge in [0, 0.05) is 23.2 Å². The number of hydrogen-bond acceptors (Lipinski definition) is 9. The predicted molar refractivity (Wildman–Crippen MR) is 159 cm³/mol. The minimum atomic E-state index is -3.16. The highest BCUT2D eigenvalue weighted by Gasteiger charge is 2.43. The molecule has 0 spiro atoms. The van der Waals surface area contributed by atoms with Crippen LogP contribution in [0.5, 0.6) is 5.75 Å². The van der Waals surface area contributed by atoms with Crippen molar-refractivity contribution in [2.24, 2.45) is 0 Å². The standard InChI is InChI=1S/C30H30ClFN4O5S/c1-3-42(37,38)13-12-39-20(2)30(10-5-11-41-30)28-16-24-26(17-33-28)34-19-35-29(24)36-23-8-9-27(25(31)15-23)40-18-21-6-4-7-22(32)14-21/h4-9,11,14-17,19-20H,3,10,12-13,18H2,1-2H3,(H,34,35,36). The number of fused-ring (bicyclic) bond motifs is 1. The minimum Gasteiger partial charge on any atom is -0.487 e. The second-order valence-electron chi connectivity index (χ2n) is 9.83. The first-order valence-electron chi connectivity index (χ1n) is 13.4. The van der Waals surface area contributed by atoms with Crippen LogP contribution < -0.4 is 10.1 Å². The van der Waals surface area contributed by atoms with Crippen molar-refractivity contribution in [1.29, 1.82) is 0 Å². The summed E-state index contributed by atoms with van der Waals surface area (Å²) in [6.45, 7) is 3.68. The first-order chi connectivity index (χ1) is 20.2. The maximum atomic E-state index is 13.5. The van der Waals surface area contributed by atoms with E-state index in [1.54, 1.807) is 49.7 Å². The molecule has 0 saturated heterocycles. The van der Waals surface area contributed by atoms with Crippen molar-refractivity contribution in [1.82, 2.24) is 15.0 Å². The highest BCUT2D eigenvalue weighted by Crippen LogP contribution is 2.40. The molecule has 3 heterocycles. The Hall–Kier alpha value is -3.80. The summed E-state index contributed by atoms with van der Waals surface area (Å²) in [5, 5.41) is 4.36. The smallest absolute Gasteiger partial charge is 0.179 e. The van der Waals surface area contributed by atoms with Crippen molar-refractivity contribution >= 4 is 43.8 Å². The SMILES string of the molecule is CCS(=O)(=O)CCOC(C)C1(c2cc3c(Nc4ccc(OCc5cccc(F)c5)c(Cl)c4)ncnc3cn2)CC=CO1. The predicted octanol–water partition coefficient (Wildman–Crippen LogP) is 6.11. The summed E-state index contributed by atoms with van der Waals surface area (Å²) in [5.74, 6) is 0.646. The van der Waals surface area contributed by atoms with Gasteiger partial charge < -0.3 is 19.5 Å². The van der Waals surface area contributed by atoms with Crippen LogP contribution in [0.4, 0.5) is 15.9 Å². The number of nitrogens with zero attached hydrogens (tertiary/aromatic N) is 3. The van der Waals surface area contributed by atoms with Crippen molar-refractivity contribution in [2.75, 3.05) is 23.4 Å². The fraction of sp³-hybridized carbons (Fsp3) is 0.300. The van der Waals surface area contributed by atoms with Crippen molar-refractivity contribution in [3.63, 3.8) is 0 Å². The van der Waals surface area contributed by atoms with Crippen molar-refractivity contribution in [2.45, 2.75) is 38.6 Å². The summed E-state index contributed by atoms with van der Waals surface area (Å²) in [6.07, 6.45) is 6.57.